The van der Waals surface area contributed by atoms with Crippen LogP contribution in [0, 0.1) is 0 Å². The highest BCUT2D eigenvalue weighted by Gasteiger charge is 2.20. The summed E-state index contributed by atoms with van der Waals surface area (Å²) < 4.78 is 39.7. The lowest BCUT2D eigenvalue weighted by Gasteiger charge is -2.20. The number of rotatable bonds is 47. The standard InChI is InChI=1S/C63H101N5O6/c1-7-13-19-25-34-42-69-55-48-53(49-56(70-43-35-26-20-14-8-2)59(55)73-46-38-29-23-17-11-5)64-62-66-61(52-40-32-31-33-41-52)67-63(68-62)65-54-50-57(71-44-36-27-21-15-9-3)60(74-47-39-30-24-18-12-6)58(51-54)72-45-37-28-22-16-10-4/h31-33,40-41,48-51H,7-30,34-39,42-47H2,1-6H3,(H2,64,65,66,67,68). The number of ether oxygens (including phenoxy) is 6. The van der Waals surface area contributed by atoms with Crippen LogP contribution in [-0.4, -0.2) is 54.6 Å². The van der Waals surface area contributed by atoms with Gasteiger partial charge in [-0.2, -0.15) is 15.0 Å². The smallest absolute Gasteiger partial charge is 0.232 e. The van der Waals surface area contributed by atoms with Gasteiger partial charge >= 0.3 is 0 Å². The SMILES string of the molecule is CCCCCCCOc1cc(Nc2nc(Nc3cc(OCCCCCCC)c(OCCCCCCC)c(OCCCCCCC)c3)nc(-c3ccccc3)n2)cc(OCCCCCCC)c1OCCCCCCC. The normalized spacial score (nSPS) is 11.2. The molecule has 11 nitrogen and oxygen atoms in total. The highest BCUT2D eigenvalue weighted by atomic mass is 16.5. The van der Waals surface area contributed by atoms with E-state index < -0.39 is 0 Å². The minimum Gasteiger partial charge on any atom is -0.489 e. The molecule has 74 heavy (non-hydrogen) atoms. The van der Waals surface area contributed by atoms with Crippen molar-refractivity contribution < 1.29 is 28.4 Å². The number of nitrogens with zero attached hydrogens (tertiary/aromatic N) is 3. The molecule has 0 spiro atoms. The molecule has 0 fully saturated rings. The van der Waals surface area contributed by atoms with E-state index >= 15 is 0 Å². The van der Waals surface area contributed by atoms with Gasteiger partial charge in [0, 0.05) is 41.2 Å². The number of hydrogen-bond donors (Lipinski definition) is 2. The number of anilines is 4. The first kappa shape index (κ1) is 61.6. The van der Waals surface area contributed by atoms with Crippen molar-refractivity contribution in [1.29, 1.82) is 0 Å². The van der Waals surface area contributed by atoms with Gasteiger partial charge in [-0.05, 0) is 38.5 Å². The summed E-state index contributed by atoms with van der Waals surface area (Å²) in [5.74, 6) is 5.25. The molecule has 0 aliphatic heterocycles. The molecule has 0 amide bonds. The second kappa shape index (κ2) is 40.4. The number of nitrogens with one attached hydrogen (secondary N) is 2. The molecule has 2 N–H and O–H groups in total. The summed E-state index contributed by atoms with van der Waals surface area (Å²) >= 11 is 0. The van der Waals surface area contributed by atoms with Crippen molar-refractivity contribution in [2.75, 3.05) is 50.3 Å². The Morgan fingerprint density at radius 3 is 0.865 bits per heavy atom. The maximum atomic E-state index is 6.63. The van der Waals surface area contributed by atoms with Gasteiger partial charge in [0.05, 0.1) is 39.6 Å². The number of aromatic nitrogens is 3. The van der Waals surface area contributed by atoms with Gasteiger partial charge in [0.25, 0.3) is 0 Å². The summed E-state index contributed by atoms with van der Waals surface area (Å²) in [5, 5.41) is 7.12. The van der Waals surface area contributed by atoms with Gasteiger partial charge < -0.3 is 39.1 Å². The Balaban J connectivity index is 1.75. The third-order valence-corrected chi connectivity index (χ3v) is 13.2. The van der Waals surface area contributed by atoms with E-state index in [1.807, 2.05) is 54.6 Å². The summed E-state index contributed by atoms with van der Waals surface area (Å²) in [4.78, 5) is 15.1. The Morgan fingerprint density at radius 2 is 0.581 bits per heavy atom. The van der Waals surface area contributed by atoms with E-state index in [9.17, 15) is 0 Å². The van der Waals surface area contributed by atoms with Crippen LogP contribution in [0.3, 0.4) is 0 Å². The van der Waals surface area contributed by atoms with Gasteiger partial charge in [0.2, 0.25) is 23.4 Å². The molecule has 0 unspecified atom stereocenters. The predicted octanol–water partition coefficient (Wildman–Crippen LogP) is 19.1. The average Bonchev–Trinajstić information content (AvgIpc) is 3.41. The zero-order valence-corrected chi connectivity index (χ0v) is 47.4. The average molecular weight is 1020 g/mol. The van der Waals surface area contributed by atoms with Crippen LogP contribution in [0.5, 0.6) is 34.5 Å². The number of benzene rings is 3. The molecule has 0 aliphatic rings. The van der Waals surface area contributed by atoms with Crippen LogP contribution in [0.1, 0.15) is 234 Å². The van der Waals surface area contributed by atoms with E-state index in [1.165, 1.54) is 116 Å². The van der Waals surface area contributed by atoms with Crippen LogP contribution in [-0.2, 0) is 0 Å². The van der Waals surface area contributed by atoms with Crippen molar-refractivity contribution in [2.45, 2.75) is 234 Å². The minimum atomic E-state index is 0.372. The van der Waals surface area contributed by atoms with Gasteiger partial charge in [-0.25, -0.2) is 0 Å². The fourth-order valence-corrected chi connectivity index (χ4v) is 8.78. The Hall–Kier alpha value is -4.93. The molecule has 0 aliphatic carbocycles. The van der Waals surface area contributed by atoms with Crippen LogP contribution in [0.25, 0.3) is 11.4 Å². The van der Waals surface area contributed by atoms with Gasteiger partial charge in [-0.15, -0.1) is 0 Å². The maximum absolute atomic E-state index is 6.63. The Kier molecular flexibility index (Phi) is 33.6. The van der Waals surface area contributed by atoms with Crippen LogP contribution in [0.4, 0.5) is 23.3 Å². The third kappa shape index (κ3) is 25.5. The maximum Gasteiger partial charge on any atom is 0.232 e. The molecule has 414 valence electrons. The van der Waals surface area contributed by atoms with Gasteiger partial charge in [-0.1, -0.05) is 226 Å². The number of hydrogen-bond acceptors (Lipinski definition) is 11. The Bertz CT molecular complexity index is 1820. The first-order chi connectivity index (χ1) is 36.5. The first-order valence-electron chi connectivity index (χ1n) is 30.0. The Morgan fingerprint density at radius 1 is 0.311 bits per heavy atom. The van der Waals surface area contributed by atoms with E-state index in [4.69, 9.17) is 43.4 Å². The highest BCUT2D eigenvalue weighted by Crippen LogP contribution is 2.44. The van der Waals surface area contributed by atoms with Crippen LogP contribution < -0.4 is 39.1 Å². The predicted molar refractivity (Wildman–Crippen MR) is 310 cm³/mol. The minimum absolute atomic E-state index is 0.372. The van der Waals surface area contributed by atoms with Crippen molar-refractivity contribution in [3.63, 3.8) is 0 Å². The molecule has 1 heterocycles. The second-order valence-corrected chi connectivity index (χ2v) is 20.1. The summed E-state index contributed by atoms with van der Waals surface area (Å²) in [6.07, 6.45) is 34.4. The molecular formula is C63H101N5O6. The van der Waals surface area contributed by atoms with Crippen LogP contribution in [0.2, 0.25) is 0 Å². The fourth-order valence-electron chi connectivity index (χ4n) is 8.78. The third-order valence-electron chi connectivity index (χ3n) is 13.2. The Labute approximate surface area is 449 Å². The molecule has 0 radical (unpaired) electrons. The lowest BCUT2D eigenvalue weighted by molar-refractivity contribution is 0.234. The summed E-state index contributed by atoms with van der Waals surface area (Å²) in [6.45, 7) is 17.0. The molecule has 0 saturated heterocycles. The fraction of sp³-hybridized carbons (Fsp3) is 0.667. The van der Waals surface area contributed by atoms with Crippen LogP contribution >= 0.6 is 0 Å². The van der Waals surface area contributed by atoms with E-state index in [1.54, 1.807) is 0 Å². The monoisotopic (exact) mass is 1020 g/mol. The molecule has 0 bridgehead atoms. The summed E-state index contributed by atoms with van der Waals surface area (Å²) in [7, 11) is 0. The molecule has 0 atom stereocenters. The topological polar surface area (TPSA) is 118 Å². The highest BCUT2D eigenvalue weighted by molar-refractivity contribution is 5.70. The zero-order valence-electron chi connectivity index (χ0n) is 47.4. The molecular weight excluding hydrogens is 923 g/mol. The van der Waals surface area contributed by atoms with E-state index in [2.05, 4.69) is 52.2 Å². The number of unbranched alkanes of at least 4 members (excludes halogenated alkanes) is 24. The molecule has 0 saturated carbocycles. The quantitative estimate of drug-likeness (QED) is 0.0412. The van der Waals surface area contributed by atoms with Crippen molar-refractivity contribution in [2.24, 2.45) is 0 Å². The van der Waals surface area contributed by atoms with Crippen molar-refractivity contribution >= 4 is 23.3 Å². The molecule has 4 aromatic rings. The molecule has 11 heteroatoms. The zero-order chi connectivity index (χ0) is 52.5. The summed E-state index contributed by atoms with van der Waals surface area (Å²) in [6, 6.07) is 18.1. The second-order valence-electron chi connectivity index (χ2n) is 20.1. The lowest BCUT2D eigenvalue weighted by atomic mass is 10.1. The largest absolute Gasteiger partial charge is 0.489 e. The van der Waals surface area contributed by atoms with E-state index in [0.717, 1.165) is 94.0 Å². The molecule has 4 rings (SSSR count). The molecule has 3 aromatic carbocycles. The van der Waals surface area contributed by atoms with Gasteiger partial charge in [-0.3, -0.25) is 0 Å². The van der Waals surface area contributed by atoms with E-state index in [-0.39, 0.29) is 0 Å². The van der Waals surface area contributed by atoms with Crippen molar-refractivity contribution in [3.05, 3.63) is 54.6 Å². The van der Waals surface area contributed by atoms with E-state index in [0.29, 0.717) is 91.9 Å². The lowest BCUT2D eigenvalue weighted by Crippen LogP contribution is -2.09. The van der Waals surface area contributed by atoms with Crippen LogP contribution in [0.15, 0.2) is 54.6 Å². The van der Waals surface area contributed by atoms with Crippen molar-refractivity contribution in [1.82, 2.24) is 15.0 Å². The van der Waals surface area contributed by atoms with Crippen molar-refractivity contribution in [3.8, 4) is 45.9 Å². The molecule has 1 aromatic heterocycles. The summed E-state index contributed by atoms with van der Waals surface area (Å²) in [5.41, 5.74) is 2.34. The first-order valence-corrected chi connectivity index (χ1v) is 30.0. The van der Waals surface area contributed by atoms with Gasteiger partial charge in [0.15, 0.2) is 28.8 Å². The van der Waals surface area contributed by atoms with Gasteiger partial charge in [0.1, 0.15) is 0 Å².